The van der Waals surface area contributed by atoms with Crippen LogP contribution in [0, 0.1) is 0 Å². The molecule has 3 heterocycles. The van der Waals surface area contributed by atoms with Crippen molar-refractivity contribution in [2.24, 2.45) is 5.10 Å². The molecule has 178 valence electrons. The quantitative estimate of drug-likeness (QED) is 0.304. The van der Waals surface area contributed by atoms with Crippen LogP contribution >= 0.6 is 11.6 Å². The predicted octanol–water partition coefficient (Wildman–Crippen LogP) is 7.14. The van der Waals surface area contributed by atoms with Gasteiger partial charge >= 0.3 is 0 Å². The van der Waals surface area contributed by atoms with E-state index in [0.717, 1.165) is 40.5 Å². The van der Waals surface area contributed by atoms with Gasteiger partial charge in [0.2, 0.25) is 6.23 Å². The van der Waals surface area contributed by atoms with Crippen LogP contribution in [0.15, 0.2) is 64.3 Å². The summed E-state index contributed by atoms with van der Waals surface area (Å²) in [6.45, 7) is 2.88. The number of benzene rings is 2. The Morgan fingerprint density at radius 2 is 2.00 bits per heavy atom. The molecule has 1 aromatic heterocycles. The molecule has 0 radical (unpaired) electrons. The number of hydrazone groups is 1. The van der Waals surface area contributed by atoms with Crippen LogP contribution in [0.25, 0.3) is 0 Å². The highest BCUT2D eigenvalue weighted by Gasteiger charge is 2.41. The number of unbranched alkanes of at least 4 members (excludes halogenated alkanes) is 3. The summed E-state index contributed by atoms with van der Waals surface area (Å²) in [6, 6.07) is 15.5. The maximum absolute atomic E-state index is 6.45. The van der Waals surface area contributed by atoms with E-state index in [0.29, 0.717) is 23.8 Å². The minimum absolute atomic E-state index is 0.00645. The van der Waals surface area contributed by atoms with Gasteiger partial charge in [-0.1, -0.05) is 37.8 Å². The van der Waals surface area contributed by atoms with Gasteiger partial charge in [0.05, 0.1) is 26.0 Å². The molecule has 0 fully saturated rings. The van der Waals surface area contributed by atoms with Crippen molar-refractivity contribution in [1.82, 2.24) is 5.01 Å². The summed E-state index contributed by atoms with van der Waals surface area (Å²) >= 11 is 6.32. The minimum atomic E-state index is -0.418. The molecule has 0 saturated heterocycles. The molecule has 6 nitrogen and oxygen atoms in total. The van der Waals surface area contributed by atoms with Crippen LogP contribution in [0.1, 0.15) is 68.2 Å². The zero-order valence-corrected chi connectivity index (χ0v) is 20.3. The van der Waals surface area contributed by atoms with E-state index >= 15 is 0 Å². The van der Waals surface area contributed by atoms with E-state index in [1.165, 1.54) is 19.3 Å². The van der Waals surface area contributed by atoms with Gasteiger partial charge in [0, 0.05) is 22.6 Å². The summed E-state index contributed by atoms with van der Waals surface area (Å²) in [4.78, 5) is 0. The number of methoxy groups -OCH3 is 1. The van der Waals surface area contributed by atoms with Crippen molar-refractivity contribution in [2.45, 2.75) is 51.3 Å². The Kier molecular flexibility index (Phi) is 6.68. The van der Waals surface area contributed by atoms with Gasteiger partial charge in [-0.3, -0.25) is 0 Å². The molecule has 5 rings (SSSR count). The van der Waals surface area contributed by atoms with Crippen LogP contribution in [0.2, 0.25) is 5.02 Å². The summed E-state index contributed by atoms with van der Waals surface area (Å²) in [6.07, 6.45) is 6.58. The first-order chi connectivity index (χ1) is 16.7. The Labute approximate surface area is 205 Å². The van der Waals surface area contributed by atoms with E-state index in [2.05, 4.69) is 6.92 Å². The molecule has 0 saturated carbocycles. The first-order valence-corrected chi connectivity index (χ1v) is 12.2. The first-order valence-electron chi connectivity index (χ1n) is 11.8. The maximum atomic E-state index is 6.45. The van der Waals surface area contributed by atoms with Gasteiger partial charge in [0.15, 0.2) is 11.5 Å². The molecule has 2 aromatic carbocycles. The van der Waals surface area contributed by atoms with Crippen molar-refractivity contribution in [3.63, 3.8) is 0 Å². The third kappa shape index (κ3) is 4.47. The molecule has 2 atom stereocenters. The van der Waals surface area contributed by atoms with Crippen LogP contribution < -0.4 is 14.2 Å². The lowest BCUT2D eigenvalue weighted by Crippen LogP contribution is -2.33. The monoisotopic (exact) mass is 480 g/mol. The second-order valence-corrected chi connectivity index (χ2v) is 9.03. The average Bonchev–Trinajstić information content (AvgIpc) is 3.54. The number of furan rings is 1. The van der Waals surface area contributed by atoms with Crippen LogP contribution in [0.5, 0.6) is 17.2 Å². The number of nitrogens with zero attached hydrogens (tertiary/aromatic N) is 2. The Hall–Kier alpha value is -3.12. The largest absolute Gasteiger partial charge is 0.493 e. The summed E-state index contributed by atoms with van der Waals surface area (Å²) in [5.74, 6) is 3.00. The van der Waals surface area contributed by atoms with Gasteiger partial charge in [-0.25, -0.2) is 5.01 Å². The Bertz CT molecular complexity index is 1160. The van der Waals surface area contributed by atoms with Crippen molar-refractivity contribution >= 4 is 17.3 Å². The zero-order valence-electron chi connectivity index (χ0n) is 19.5. The van der Waals surface area contributed by atoms with E-state index in [1.807, 2.05) is 53.5 Å². The molecule has 0 unspecified atom stereocenters. The maximum Gasteiger partial charge on any atom is 0.214 e. The Morgan fingerprint density at radius 1 is 1.09 bits per heavy atom. The van der Waals surface area contributed by atoms with Gasteiger partial charge in [0.25, 0.3) is 0 Å². The molecule has 0 amide bonds. The lowest BCUT2D eigenvalue weighted by atomic mass is 9.97. The smallest absolute Gasteiger partial charge is 0.214 e. The van der Waals surface area contributed by atoms with Gasteiger partial charge in [-0.15, -0.1) is 0 Å². The van der Waals surface area contributed by atoms with E-state index < -0.39 is 6.23 Å². The fraction of sp³-hybridized carbons (Fsp3) is 0.370. The highest BCUT2D eigenvalue weighted by Crippen LogP contribution is 2.49. The molecule has 0 aliphatic carbocycles. The number of hydrogen-bond donors (Lipinski definition) is 0. The van der Waals surface area contributed by atoms with Crippen molar-refractivity contribution in [1.29, 1.82) is 0 Å². The molecule has 0 spiro atoms. The molecule has 7 heteroatoms. The Balaban J connectivity index is 1.44. The molecule has 0 bridgehead atoms. The van der Waals surface area contributed by atoms with Crippen molar-refractivity contribution in [3.05, 3.63) is 76.7 Å². The third-order valence-electron chi connectivity index (χ3n) is 6.29. The fourth-order valence-electron chi connectivity index (χ4n) is 4.54. The lowest BCUT2D eigenvalue weighted by molar-refractivity contribution is -0.0191. The van der Waals surface area contributed by atoms with Gasteiger partial charge in [-0.05, 0) is 55.0 Å². The first kappa shape index (κ1) is 22.7. The molecular formula is C27H29ClN2O4. The van der Waals surface area contributed by atoms with E-state index in [1.54, 1.807) is 13.4 Å². The molecule has 2 aliphatic heterocycles. The lowest BCUT2D eigenvalue weighted by Gasteiger charge is -2.38. The molecular weight excluding hydrogens is 452 g/mol. The average molecular weight is 481 g/mol. The topological polar surface area (TPSA) is 56.4 Å². The Morgan fingerprint density at radius 3 is 2.79 bits per heavy atom. The van der Waals surface area contributed by atoms with Crippen molar-refractivity contribution in [2.75, 3.05) is 13.7 Å². The molecule has 34 heavy (non-hydrogen) atoms. The van der Waals surface area contributed by atoms with E-state index in [4.69, 9.17) is 35.3 Å². The SMILES string of the molecule is CCCCCCOc1ccc([C@@H]2Oc3ccc(Cl)cc3[C@H]3CC(c4ccco4)=NN32)cc1OC. The van der Waals surface area contributed by atoms with Crippen LogP contribution in [-0.4, -0.2) is 24.4 Å². The van der Waals surface area contributed by atoms with Crippen molar-refractivity contribution < 1.29 is 18.6 Å². The van der Waals surface area contributed by atoms with Gasteiger partial charge < -0.3 is 18.6 Å². The minimum Gasteiger partial charge on any atom is -0.493 e. The highest BCUT2D eigenvalue weighted by molar-refractivity contribution is 6.30. The molecule has 0 N–H and O–H groups in total. The summed E-state index contributed by atoms with van der Waals surface area (Å²) < 4.78 is 23.7. The van der Waals surface area contributed by atoms with Crippen LogP contribution in [-0.2, 0) is 0 Å². The second kappa shape index (κ2) is 10.0. The zero-order chi connectivity index (χ0) is 23.5. The second-order valence-electron chi connectivity index (χ2n) is 8.60. The third-order valence-corrected chi connectivity index (χ3v) is 6.52. The standard InChI is InChI=1S/C27H29ClN2O4/c1-3-4-5-6-13-33-25-11-9-18(15-26(25)31-2)27-30-22(17-21(29-30)24-8-7-14-32-24)20-16-19(28)10-12-23(20)34-27/h7-12,14-16,22,27H,3-6,13,17H2,1-2H3/t22-,27+/m1/s1. The molecule has 3 aromatic rings. The highest BCUT2D eigenvalue weighted by atomic mass is 35.5. The number of fused-ring (bicyclic) bond motifs is 3. The molecule has 2 aliphatic rings. The van der Waals surface area contributed by atoms with E-state index in [-0.39, 0.29) is 6.04 Å². The number of hydrogen-bond acceptors (Lipinski definition) is 6. The van der Waals surface area contributed by atoms with Crippen LogP contribution in [0.3, 0.4) is 0 Å². The summed E-state index contributed by atoms with van der Waals surface area (Å²) in [7, 11) is 1.66. The van der Waals surface area contributed by atoms with Gasteiger partial charge in [0.1, 0.15) is 17.2 Å². The summed E-state index contributed by atoms with van der Waals surface area (Å²) in [5.41, 5.74) is 2.84. The number of rotatable bonds is 9. The van der Waals surface area contributed by atoms with Crippen molar-refractivity contribution in [3.8, 4) is 17.2 Å². The number of halogens is 1. The van der Waals surface area contributed by atoms with E-state index in [9.17, 15) is 0 Å². The fourth-order valence-corrected chi connectivity index (χ4v) is 4.72. The normalized spacial score (nSPS) is 18.7. The summed E-state index contributed by atoms with van der Waals surface area (Å²) in [5, 5.41) is 7.58. The van der Waals surface area contributed by atoms with Crippen LogP contribution in [0.4, 0.5) is 0 Å². The number of ether oxygens (including phenoxy) is 3. The predicted molar refractivity (Wildman–Crippen MR) is 132 cm³/mol. The van der Waals surface area contributed by atoms with Gasteiger partial charge in [-0.2, -0.15) is 5.10 Å².